The quantitative estimate of drug-likeness (QED) is 0.260. The fourth-order valence-electron chi connectivity index (χ4n) is 4.39. The molecule has 0 radical (unpaired) electrons. The van der Waals surface area contributed by atoms with Gasteiger partial charge in [0.25, 0.3) is 0 Å². The van der Waals surface area contributed by atoms with Crippen LogP contribution in [0.15, 0.2) is 18.2 Å². The average molecular weight is 552 g/mol. The maximum absolute atomic E-state index is 9.90. The van der Waals surface area contributed by atoms with Crippen LogP contribution >= 0.6 is 22.6 Å². The van der Waals surface area contributed by atoms with Gasteiger partial charge in [-0.3, -0.25) is 0 Å². The van der Waals surface area contributed by atoms with Crippen LogP contribution in [0.2, 0.25) is 0 Å². The van der Waals surface area contributed by atoms with Gasteiger partial charge in [0.15, 0.2) is 0 Å². The SMILES string of the molecule is COc1ccc(Nc2nc(NC3CCCCCC3)nc(N3CCC(O)CC3)n2)cc1CI. The lowest BCUT2D eigenvalue weighted by Crippen LogP contribution is -2.37. The molecule has 0 bridgehead atoms. The van der Waals surface area contributed by atoms with E-state index >= 15 is 0 Å². The zero-order chi connectivity index (χ0) is 22.3. The van der Waals surface area contributed by atoms with Crippen molar-refractivity contribution < 1.29 is 9.84 Å². The standard InChI is InChI=1S/C23H33IN6O2/c1-32-20-9-8-18(14-16(20)15-24)26-22-27-21(25-17-6-4-2-3-5-7-17)28-23(29-22)30-12-10-19(31)11-13-30/h8-9,14,17,19,31H,2-7,10-13,15H2,1H3,(H2,25,26,27,28,29). The molecule has 32 heavy (non-hydrogen) atoms. The zero-order valence-electron chi connectivity index (χ0n) is 18.7. The van der Waals surface area contributed by atoms with Gasteiger partial charge in [-0.25, -0.2) is 0 Å². The molecule has 1 aliphatic heterocycles. The molecular formula is C23H33IN6O2. The number of benzene rings is 1. The summed E-state index contributed by atoms with van der Waals surface area (Å²) in [6, 6.07) is 6.42. The van der Waals surface area contributed by atoms with E-state index in [0.29, 0.717) is 23.9 Å². The second-order valence-corrected chi connectivity index (χ2v) is 9.38. The van der Waals surface area contributed by atoms with E-state index in [1.54, 1.807) is 7.11 Å². The fraction of sp³-hybridized carbons (Fsp3) is 0.609. The maximum atomic E-state index is 9.90. The van der Waals surface area contributed by atoms with Gasteiger partial charge in [-0.15, -0.1) is 0 Å². The van der Waals surface area contributed by atoms with E-state index in [-0.39, 0.29) is 6.10 Å². The Morgan fingerprint density at radius 2 is 1.75 bits per heavy atom. The van der Waals surface area contributed by atoms with Crippen molar-refractivity contribution in [3.8, 4) is 5.75 Å². The van der Waals surface area contributed by atoms with Gasteiger partial charge in [-0.1, -0.05) is 48.3 Å². The van der Waals surface area contributed by atoms with Gasteiger partial charge in [0, 0.05) is 34.8 Å². The first-order chi connectivity index (χ1) is 15.6. The summed E-state index contributed by atoms with van der Waals surface area (Å²) >= 11 is 2.34. The van der Waals surface area contributed by atoms with Crippen LogP contribution in [0.5, 0.6) is 5.75 Å². The molecule has 2 aliphatic rings. The van der Waals surface area contributed by atoms with E-state index in [2.05, 4.69) is 44.2 Å². The Morgan fingerprint density at radius 1 is 1.03 bits per heavy atom. The molecule has 1 aromatic carbocycles. The molecule has 4 rings (SSSR count). The summed E-state index contributed by atoms with van der Waals surface area (Å²) in [4.78, 5) is 16.3. The molecule has 2 heterocycles. The number of nitrogens with zero attached hydrogens (tertiary/aromatic N) is 4. The highest BCUT2D eigenvalue weighted by atomic mass is 127. The van der Waals surface area contributed by atoms with E-state index in [4.69, 9.17) is 19.7 Å². The Morgan fingerprint density at radius 3 is 2.44 bits per heavy atom. The first-order valence-electron chi connectivity index (χ1n) is 11.6. The molecule has 1 aromatic heterocycles. The Kier molecular flexibility index (Phi) is 8.23. The van der Waals surface area contributed by atoms with Gasteiger partial charge in [-0.05, 0) is 43.9 Å². The predicted octanol–water partition coefficient (Wildman–Crippen LogP) is 4.65. The van der Waals surface area contributed by atoms with E-state index < -0.39 is 0 Å². The number of aromatic nitrogens is 3. The van der Waals surface area contributed by atoms with Crippen molar-refractivity contribution in [2.75, 3.05) is 35.7 Å². The lowest BCUT2D eigenvalue weighted by molar-refractivity contribution is 0.145. The number of rotatable bonds is 7. The Labute approximate surface area is 203 Å². The lowest BCUT2D eigenvalue weighted by Gasteiger charge is -2.30. The monoisotopic (exact) mass is 552 g/mol. The summed E-state index contributed by atoms with van der Waals surface area (Å²) in [6.45, 7) is 1.49. The van der Waals surface area contributed by atoms with Crippen LogP contribution in [0.3, 0.4) is 0 Å². The van der Waals surface area contributed by atoms with Gasteiger partial charge in [0.05, 0.1) is 13.2 Å². The van der Waals surface area contributed by atoms with E-state index in [9.17, 15) is 5.11 Å². The Hall–Kier alpha value is -1.88. The summed E-state index contributed by atoms with van der Waals surface area (Å²) in [5.74, 6) is 2.69. The third kappa shape index (κ3) is 6.12. The number of hydrogen-bond acceptors (Lipinski definition) is 8. The summed E-state index contributed by atoms with van der Waals surface area (Å²) < 4.78 is 6.30. The number of nitrogens with one attached hydrogen (secondary N) is 2. The second kappa shape index (κ2) is 11.3. The van der Waals surface area contributed by atoms with Gasteiger partial charge in [-0.2, -0.15) is 15.0 Å². The van der Waals surface area contributed by atoms with Gasteiger partial charge >= 0.3 is 0 Å². The topological polar surface area (TPSA) is 95.4 Å². The number of methoxy groups -OCH3 is 1. The maximum Gasteiger partial charge on any atom is 0.233 e. The number of aliphatic hydroxyl groups excluding tert-OH is 1. The lowest BCUT2D eigenvalue weighted by atomic mass is 10.1. The van der Waals surface area contributed by atoms with E-state index in [0.717, 1.165) is 60.2 Å². The summed E-state index contributed by atoms with van der Waals surface area (Å²) in [5, 5.41) is 16.8. The highest BCUT2D eigenvalue weighted by Gasteiger charge is 2.22. The molecule has 1 saturated carbocycles. The highest BCUT2D eigenvalue weighted by molar-refractivity contribution is 14.1. The molecule has 1 saturated heterocycles. The van der Waals surface area contributed by atoms with Crippen molar-refractivity contribution in [3.05, 3.63) is 23.8 Å². The van der Waals surface area contributed by atoms with Gasteiger partial charge in [0.2, 0.25) is 17.8 Å². The van der Waals surface area contributed by atoms with Gasteiger partial charge in [0.1, 0.15) is 5.75 Å². The van der Waals surface area contributed by atoms with Crippen molar-refractivity contribution in [1.82, 2.24) is 15.0 Å². The van der Waals surface area contributed by atoms with Crippen LogP contribution in [0.1, 0.15) is 56.9 Å². The van der Waals surface area contributed by atoms with Crippen LogP contribution in [0.25, 0.3) is 0 Å². The minimum Gasteiger partial charge on any atom is -0.496 e. The number of alkyl halides is 1. The van der Waals surface area contributed by atoms with Crippen molar-refractivity contribution >= 4 is 46.1 Å². The molecule has 0 amide bonds. The van der Waals surface area contributed by atoms with Crippen LogP contribution in [0.4, 0.5) is 23.5 Å². The van der Waals surface area contributed by atoms with Crippen molar-refractivity contribution in [2.45, 2.75) is 67.9 Å². The number of hydrogen-bond donors (Lipinski definition) is 3. The van der Waals surface area contributed by atoms with Crippen LogP contribution in [-0.4, -0.2) is 52.4 Å². The third-order valence-electron chi connectivity index (χ3n) is 6.24. The van der Waals surface area contributed by atoms with Gasteiger partial charge < -0.3 is 25.4 Å². The van der Waals surface area contributed by atoms with Crippen molar-refractivity contribution in [1.29, 1.82) is 0 Å². The molecule has 2 fully saturated rings. The molecular weight excluding hydrogens is 519 g/mol. The first kappa shape index (κ1) is 23.3. The smallest absolute Gasteiger partial charge is 0.233 e. The largest absolute Gasteiger partial charge is 0.496 e. The number of ether oxygens (including phenoxy) is 1. The average Bonchev–Trinajstić information content (AvgIpc) is 3.08. The van der Waals surface area contributed by atoms with Crippen LogP contribution < -0.4 is 20.3 Å². The van der Waals surface area contributed by atoms with Crippen LogP contribution in [0, 0.1) is 0 Å². The van der Waals surface area contributed by atoms with Crippen molar-refractivity contribution in [2.24, 2.45) is 0 Å². The molecule has 0 spiro atoms. The number of halogens is 1. The zero-order valence-corrected chi connectivity index (χ0v) is 20.8. The second-order valence-electron chi connectivity index (χ2n) is 8.62. The van der Waals surface area contributed by atoms with Crippen molar-refractivity contribution in [3.63, 3.8) is 0 Å². The van der Waals surface area contributed by atoms with Crippen LogP contribution in [-0.2, 0) is 4.43 Å². The molecule has 9 heteroatoms. The third-order valence-corrected chi connectivity index (χ3v) is 7.06. The molecule has 0 atom stereocenters. The van der Waals surface area contributed by atoms with E-state index in [1.165, 1.54) is 25.7 Å². The molecule has 3 N–H and O–H groups in total. The normalized spacial score (nSPS) is 18.3. The number of aliphatic hydroxyl groups is 1. The van der Waals surface area contributed by atoms with E-state index in [1.807, 2.05) is 12.1 Å². The molecule has 8 nitrogen and oxygen atoms in total. The fourth-order valence-corrected chi connectivity index (χ4v) is 4.98. The minimum absolute atomic E-state index is 0.236. The molecule has 0 unspecified atom stereocenters. The number of piperidine rings is 1. The molecule has 1 aliphatic carbocycles. The predicted molar refractivity (Wildman–Crippen MR) is 136 cm³/mol. The summed E-state index contributed by atoms with van der Waals surface area (Å²) in [6.07, 6.45) is 8.63. The number of anilines is 4. The first-order valence-corrected chi connectivity index (χ1v) is 13.1. The molecule has 2 aromatic rings. The summed E-state index contributed by atoms with van der Waals surface area (Å²) in [7, 11) is 1.69. The summed E-state index contributed by atoms with van der Waals surface area (Å²) in [5.41, 5.74) is 2.04. The molecule has 174 valence electrons. The Bertz CT molecular complexity index is 883. The highest BCUT2D eigenvalue weighted by Crippen LogP contribution is 2.28. The minimum atomic E-state index is -0.236. The Balaban J connectivity index is 1.59.